The normalized spacial score (nSPS) is 18.3. The number of carbonyl (C=O) groups excluding carboxylic acids is 4. The van der Waals surface area contributed by atoms with Crippen LogP contribution < -0.4 is 16.0 Å². The van der Waals surface area contributed by atoms with Crippen LogP contribution in [0, 0.1) is 17.8 Å². The summed E-state index contributed by atoms with van der Waals surface area (Å²) in [6, 6.07) is 8.42. The van der Waals surface area contributed by atoms with Gasteiger partial charge in [0.25, 0.3) is 0 Å². The van der Waals surface area contributed by atoms with Gasteiger partial charge in [-0.1, -0.05) is 63.9 Å². The standard InChI is InChI=1S/C26H39N3O4/c1-4-5-11-20(15-19-9-7-6-8-10-19)25(32)29-23(14-18(2)3)26(33)28-22(17-30)16-21-12-13-27-24(21)31/h6-10,17-18,20-23H,4-5,11-16H2,1-3H3,(H,27,31)(H,28,33)(H,29,32)/t20-,21?,22+,23?/m1/s1. The van der Waals surface area contributed by atoms with Gasteiger partial charge in [0.15, 0.2) is 0 Å². The fourth-order valence-corrected chi connectivity index (χ4v) is 4.28. The average molecular weight is 458 g/mol. The van der Waals surface area contributed by atoms with E-state index in [9.17, 15) is 19.2 Å². The van der Waals surface area contributed by atoms with E-state index in [-0.39, 0.29) is 41.9 Å². The molecule has 1 saturated heterocycles. The van der Waals surface area contributed by atoms with Crippen molar-refractivity contribution >= 4 is 24.0 Å². The van der Waals surface area contributed by atoms with Gasteiger partial charge >= 0.3 is 0 Å². The molecule has 1 aromatic rings. The lowest BCUT2D eigenvalue weighted by molar-refractivity contribution is -0.132. The monoisotopic (exact) mass is 457 g/mol. The summed E-state index contributed by atoms with van der Waals surface area (Å²) >= 11 is 0. The van der Waals surface area contributed by atoms with Crippen LogP contribution in [0.5, 0.6) is 0 Å². The van der Waals surface area contributed by atoms with Gasteiger partial charge in [-0.15, -0.1) is 0 Å². The molecule has 182 valence electrons. The highest BCUT2D eigenvalue weighted by Crippen LogP contribution is 2.18. The highest BCUT2D eigenvalue weighted by Gasteiger charge is 2.31. The molecule has 3 amide bonds. The van der Waals surface area contributed by atoms with Gasteiger partial charge in [-0.05, 0) is 43.6 Å². The van der Waals surface area contributed by atoms with Crippen molar-refractivity contribution in [1.29, 1.82) is 0 Å². The van der Waals surface area contributed by atoms with Gasteiger partial charge in [0.05, 0.1) is 6.04 Å². The predicted molar refractivity (Wildman–Crippen MR) is 128 cm³/mol. The first-order valence-corrected chi connectivity index (χ1v) is 12.2. The number of rotatable bonds is 14. The van der Waals surface area contributed by atoms with Gasteiger partial charge in [-0.3, -0.25) is 14.4 Å². The third kappa shape index (κ3) is 8.98. The first kappa shape index (κ1) is 26.6. The van der Waals surface area contributed by atoms with E-state index in [1.807, 2.05) is 44.2 Å². The first-order valence-electron chi connectivity index (χ1n) is 12.2. The Labute approximate surface area is 197 Å². The molecule has 0 saturated carbocycles. The molecule has 1 aliphatic heterocycles. The molecular formula is C26H39N3O4. The predicted octanol–water partition coefficient (Wildman–Crippen LogP) is 2.78. The van der Waals surface area contributed by atoms with E-state index in [4.69, 9.17) is 0 Å². The van der Waals surface area contributed by atoms with Crippen LogP contribution in [0.15, 0.2) is 30.3 Å². The summed E-state index contributed by atoms with van der Waals surface area (Å²) in [5, 5.41) is 8.47. The maximum atomic E-state index is 13.2. The number of hydrogen-bond acceptors (Lipinski definition) is 4. The van der Waals surface area contributed by atoms with E-state index in [0.717, 1.165) is 24.8 Å². The van der Waals surface area contributed by atoms with E-state index in [1.54, 1.807) is 0 Å². The molecule has 33 heavy (non-hydrogen) atoms. The summed E-state index contributed by atoms with van der Waals surface area (Å²) in [6.07, 6.45) is 5.38. The summed E-state index contributed by atoms with van der Waals surface area (Å²) in [5.74, 6) is -0.906. The molecule has 4 atom stereocenters. The Hall–Kier alpha value is -2.70. The first-order chi connectivity index (χ1) is 15.8. The SMILES string of the molecule is CCCC[C@H](Cc1ccccc1)C(=O)NC(CC(C)C)C(=O)N[C@H](C=O)CC1CCNC1=O. The quantitative estimate of drug-likeness (QED) is 0.374. The van der Waals surface area contributed by atoms with Crippen LogP contribution in [0.2, 0.25) is 0 Å². The van der Waals surface area contributed by atoms with Crippen molar-refractivity contribution in [1.82, 2.24) is 16.0 Å². The summed E-state index contributed by atoms with van der Waals surface area (Å²) in [6.45, 7) is 6.67. The van der Waals surface area contributed by atoms with Crippen LogP contribution in [0.4, 0.5) is 0 Å². The van der Waals surface area contributed by atoms with Crippen LogP contribution in [0.25, 0.3) is 0 Å². The van der Waals surface area contributed by atoms with Crippen molar-refractivity contribution in [3.8, 4) is 0 Å². The Morgan fingerprint density at radius 2 is 1.88 bits per heavy atom. The number of nitrogens with one attached hydrogen (secondary N) is 3. The number of amides is 3. The van der Waals surface area contributed by atoms with Gasteiger partial charge in [-0.25, -0.2) is 0 Å². The lowest BCUT2D eigenvalue weighted by Crippen LogP contribution is -2.52. The molecule has 3 N–H and O–H groups in total. The molecule has 2 unspecified atom stereocenters. The van der Waals surface area contributed by atoms with Gasteiger partial charge in [0.2, 0.25) is 17.7 Å². The smallest absolute Gasteiger partial charge is 0.243 e. The Morgan fingerprint density at radius 3 is 2.45 bits per heavy atom. The van der Waals surface area contributed by atoms with Crippen molar-refractivity contribution in [2.45, 2.75) is 77.8 Å². The Bertz CT molecular complexity index is 781. The van der Waals surface area contributed by atoms with Crippen molar-refractivity contribution < 1.29 is 19.2 Å². The van der Waals surface area contributed by atoms with E-state index < -0.39 is 12.1 Å². The molecule has 1 aromatic carbocycles. The minimum atomic E-state index is -0.752. The van der Waals surface area contributed by atoms with Crippen LogP contribution >= 0.6 is 0 Å². The molecule has 7 nitrogen and oxygen atoms in total. The molecule has 0 radical (unpaired) electrons. The maximum absolute atomic E-state index is 13.2. The van der Waals surface area contributed by atoms with Gasteiger partial charge in [0.1, 0.15) is 12.3 Å². The lowest BCUT2D eigenvalue weighted by atomic mass is 9.92. The molecular weight excluding hydrogens is 418 g/mol. The third-order valence-corrected chi connectivity index (χ3v) is 6.14. The van der Waals surface area contributed by atoms with Crippen LogP contribution in [-0.2, 0) is 25.6 Å². The number of carbonyl (C=O) groups is 4. The molecule has 1 heterocycles. The molecule has 0 spiro atoms. The maximum Gasteiger partial charge on any atom is 0.243 e. The zero-order chi connectivity index (χ0) is 24.2. The minimum Gasteiger partial charge on any atom is -0.356 e. The van der Waals surface area contributed by atoms with E-state index in [1.165, 1.54) is 0 Å². The van der Waals surface area contributed by atoms with Gasteiger partial charge in [0, 0.05) is 18.4 Å². The molecule has 0 aliphatic carbocycles. The molecule has 7 heteroatoms. The third-order valence-electron chi connectivity index (χ3n) is 6.14. The number of hydrogen-bond donors (Lipinski definition) is 3. The zero-order valence-corrected chi connectivity index (χ0v) is 20.1. The van der Waals surface area contributed by atoms with Crippen LogP contribution in [0.3, 0.4) is 0 Å². The van der Waals surface area contributed by atoms with Crippen molar-refractivity contribution in [2.75, 3.05) is 6.54 Å². The zero-order valence-electron chi connectivity index (χ0n) is 20.1. The second-order valence-electron chi connectivity index (χ2n) is 9.48. The van der Waals surface area contributed by atoms with E-state index in [0.29, 0.717) is 32.1 Å². The molecule has 2 rings (SSSR count). The topological polar surface area (TPSA) is 104 Å². The molecule has 0 bridgehead atoms. The summed E-state index contributed by atoms with van der Waals surface area (Å²) in [5.41, 5.74) is 1.09. The number of unbranched alkanes of at least 4 members (excludes halogenated alkanes) is 1. The van der Waals surface area contributed by atoms with Crippen LogP contribution in [0.1, 0.15) is 64.9 Å². The summed E-state index contributed by atoms with van der Waals surface area (Å²) in [7, 11) is 0. The molecule has 1 fully saturated rings. The van der Waals surface area contributed by atoms with Gasteiger partial charge in [-0.2, -0.15) is 0 Å². The van der Waals surface area contributed by atoms with E-state index >= 15 is 0 Å². The van der Waals surface area contributed by atoms with Crippen molar-refractivity contribution in [3.05, 3.63) is 35.9 Å². The number of benzene rings is 1. The fourth-order valence-electron chi connectivity index (χ4n) is 4.28. The van der Waals surface area contributed by atoms with Crippen molar-refractivity contribution in [2.24, 2.45) is 17.8 Å². The lowest BCUT2D eigenvalue weighted by Gasteiger charge is -2.25. The highest BCUT2D eigenvalue weighted by molar-refractivity contribution is 5.90. The Kier molecular flexibility index (Phi) is 11.1. The second-order valence-corrected chi connectivity index (χ2v) is 9.48. The fraction of sp³-hybridized carbons (Fsp3) is 0.615. The summed E-state index contributed by atoms with van der Waals surface area (Å²) < 4.78 is 0. The summed E-state index contributed by atoms with van der Waals surface area (Å²) in [4.78, 5) is 49.7. The van der Waals surface area contributed by atoms with Crippen LogP contribution in [-0.4, -0.2) is 42.6 Å². The number of aldehydes is 1. The molecule has 1 aliphatic rings. The van der Waals surface area contributed by atoms with Crippen molar-refractivity contribution in [3.63, 3.8) is 0 Å². The highest BCUT2D eigenvalue weighted by atomic mass is 16.2. The molecule has 0 aromatic heterocycles. The minimum absolute atomic E-state index is 0.0807. The average Bonchev–Trinajstić information content (AvgIpc) is 3.20. The Morgan fingerprint density at radius 1 is 1.15 bits per heavy atom. The Balaban J connectivity index is 2.05. The van der Waals surface area contributed by atoms with E-state index in [2.05, 4.69) is 22.9 Å². The van der Waals surface area contributed by atoms with Gasteiger partial charge < -0.3 is 20.7 Å². The largest absolute Gasteiger partial charge is 0.356 e. The second kappa shape index (κ2) is 13.8.